The summed E-state index contributed by atoms with van der Waals surface area (Å²) in [5.74, 6) is 0.409. The van der Waals surface area contributed by atoms with E-state index in [0.717, 1.165) is 19.5 Å². The molecule has 3 nitrogen and oxygen atoms in total. The molecule has 1 heterocycles. The Morgan fingerprint density at radius 2 is 2.25 bits per heavy atom. The summed E-state index contributed by atoms with van der Waals surface area (Å²) < 4.78 is 0. The Hall–Kier alpha value is -0.590. The van der Waals surface area contributed by atoms with Gasteiger partial charge >= 0.3 is 0 Å². The van der Waals surface area contributed by atoms with Crippen LogP contribution in [0.4, 0.5) is 0 Å². The molecule has 0 aromatic heterocycles. The Labute approximate surface area is 74.4 Å². The maximum Gasteiger partial charge on any atom is 0.113 e. The van der Waals surface area contributed by atoms with Gasteiger partial charge < -0.3 is 5.32 Å². The highest BCUT2D eigenvalue weighted by Crippen LogP contribution is 2.27. The smallest absolute Gasteiger partial charge is 0.113 e. The number of nitrogens with one attached hydrogen (secondary N) is 1. The maximum absolute atomic E-state index is 9.16. The number of hydrogen-bond acceptors (Lipinski definition) is 3. The van der Waals surface area contributed by atoms with Crippen molar-refractivity contribution in [2.75, 3.05) is 27.2 Å². The quantitative estimate of drug-likeness (QED) is 0.616. The normalized spacial score (nSPS) is 36.4. The third-order valence-electron chi connectivity index (χ3n) is 2.94. The van der Waals surface area contributed by atoms with E-state index in [4.69, 9.17) is 5.26 Å². The minimum Gasteiger partial charge on any atom is -0.316 e. The molecule has 0 radical (unpaired) electrons. The molecular formula is C9H17N3. The highest BCUT2D eigenvalue weighted by molar-refractivity contribution is 5.12. The van der Waals surface area contributed by atoms with E-state index < -0.39 is 0 Å². The minimum absolute atomic E-state index is 0.245. The van der Waals surface area contributed by atoms with Crippen molar-refractivity contribution in [3.8, 4) is 6.07 Å². The van der Waals surface area contributed by atoms with E-state index in [2.05, 4.69) is 23.2 Å². The SMILES string of the molecule is CC1CNCCC1(C#N)N(C)C. The fourth-order valence-electron chi connectivity index (χ4n) is 1.94. The lowest BCUT2D eigenvalue weighted by Gasteiger charge is -2.42. The Bertz CT molecular complexity index is 194. The zero-order valence-corrected chi connectivity index (χ0v) is 8.09. The summed E-state index contributed by atoms with van der Waals surface area (Å²) in [4.78, 5) is 2.05. The molecule has 0 saturated carbocycles. The maximum atomic E-state index is 9.16. The van der Waals surface area contributed by atoms with Crippen LogP contribution in [0.15, 0.2) is 0 Å². The van der Waals surface area contributed by atoms with Crippen molar-refractivity contribution in [3.63, 3.8) is 0 Å². The van der Waals surface area contributed by atoms with Gasteiger partial charge in [0.1, 0.15) is 5.54 Å². The number of nitriles is 1. The van der Waals surface area contributed by atoms with Crippen LogP contribution >= 0.6 is 0 Å². The van der Waals surface area contributed by atoms with E-state index in [1.165, 1.54) is 0 Å². The summed E-state index contributed by atoms with van der Waals surface area (Å²) in [6.45, 7) is 4.04. The second-order valence-corrected chi connectivity index (χ2v) is 3.79. The molecule has 0 aliphatic carbocycles. The van der Waals surface area contributed by atoms with Crippen molar-refractivity contribution in [2.24, 2.45) is 5.92 Å². The van der Waals surface area contributed by atoms with Crippen LogP contribution in [0.2, 0.25) is 0 Å². The number of hydrogen-bond donors (Lipinski definition) is 1. The summed E-state index contributed by atoms with van der Waals surface area (Å²) >= 11 is 0. The van der Waals surface area contributed by atoms with Gasteiger partial charge in [0.15, 0.2) is 0 Å². The summed E-state index contributed by atoms with van der Waals surface area (Å²) in [6.07, 6.45) is 0.928. The molecular weight excluding hydrogens is 150 g/mol. The van der Waals surface area contributed by atoms with Crippen molar-refractivity contribution in [2.45, 2.75) is 18.9 Å². The van der Waals surface area contributed by atoms with Crippen LogP contribution in [0, 0.1) is 17.2 Å². The van der Waals surface area contributed by atoms with Gasteiger partial charge in [0.25, 0.3) is 0 Å². The van der Waals surface area contributed by atoms with E-state index in [9.17, 15) is 0 Å². The number of nitrogens with zero attached hydrogens (tertiary/aromatic N) is 2. The van der Waals surface area contributed by atoms with E-state index >= 15 is 0 Å². The van der Waals surface area contributed by atoms with Gasteiger partial charge in [-0.2, -0.15) is 5.26 Å². The lowest BCUT2D eigenvalue weighted by molar-refractivity contribution is 0.110. The van der Waals surface area contributed by atoms with Gasteiger partial charge in [0.05, 0.1) is 6.07 Å². The lowest BCUT2D eigenvalue weighted by atomic mass is 9.80. The van der Waals surface area contributed by atoms with Gasteiger partial charge in [-0.3, -0.25) is 4.90 Å². The number of rotatable bonds is 1. The van der Waals surface area contributed by atoms with Gasteiger partial charge in [-0.05, 0) is 27.1 Å². The van der Waals surface area contributed by atoms with Crippen molar-refractivity contribution in [3.05, 3.63) is 0 Å². The molecule has 2 atom stereocenters. The van der Waals surface area contributed by atoms with Gasteiger partial charge in [-0.1, -0.05) is 6.92 Å². The Balaban J connectivity index is 2.83. The molecule has 1 fully saturated rings. The van der Waals surface area contributed by atoms with E-state index in [0.29, 0.717) is 5.92 Å². The first kappa shape index (κ1) is 9.50. The minimum atomic E-state index is -0.245. The fraction of sp³-hybridized carbons (Fsp3) is 0.889. The second kappa shape index (κ2) is 3.42. The molecule has 0 spiro atoms. The molecule has 0 bridgehead atoms. The highest BCUT2D eigenvalue weighted by Gasteiger charge is 2.40. The van der Waals surface area contributed by atoms with E-state index in [1.54, 1.807) is 0 Å². The molecule has 12 heavy (non-hydrogen) atoms. The van der Waals surface area contributed by atoms with Crippen LogP contribution in [0.5, 0.6) is 0 Å². The molecule has 0 amide bonds. The number of piperidine rings is 1. The first-order chi connectivity index (χ1) is 5.63. The van der Waals surface area contributed by atoms with Crippen LogP contribution in [-0.4, -0.2) is 37.6 Å². The third-order valence-corrected chi connectivity index (χ3v) is 2.94. The topological polar surface area (TPSA) is 39.1 Å². The molecule has 1 N–H and O–H groups in total. The summed E-state index contributed by atoms with van der Waals surface area (Å²) in [5, 5.41) is 12.5. The Morgan fingerprint density at radius 1 is 1.58 bits per heavy atom. The van der Waals surface area contributed by atoms with E-state index in [1.807, 2.05) is 14.1 Å². The molecule has 2 unspecified atom stereocenters. The average Bonchev–Trinajstić information content (AvgIpc) is 2.05. The molecule has 1 aliphatic heterocycles. The van der Waals surface area contributed by atoms with Gasteiger partial charge in [0, 0.05) is 12.5 Å². The van der Waals surface area contributed by atoms with Gasteiger partial charge in [0.2, 0.25) is 0 Å². The monoisotopic (exact) mass is 167 g/mol. The van der Waals surface area contributed by atoms with Crippen LogP contribution in [0.25, 0.3) is 0 Å². The zero-order chi connectivity index (χ0) is 9.19. The third kappa shape index (κ3) is 1.33. The Kier molecular flexibility index (Phi) is 2.71. The molecule has 0 aromatic carbocycles. The van der Waals surface area contributed by atoms with Crippen LogP contribution in [0.1, 0.15) is 13.3 Å². The predicted molar refractivity (Wildman–Crippen MR) is 48.7 cm³/mol. The van der Waals surface area contributed by atoms with Crippen LogP contribution < -0.4 is 5.32 Å². The predicted octanol–water partition coefficient (Wildman–Crippen LogP) is 0.440. The summed E-state index contributed by atoms with van der Waals surface area (Å²) in [5.41, 5.74) is -0.245. The largest absolute Gasteiger partial charge is 0.316 e. The first-order valence-corrected chi connectivity index (χ1v) is 4.43. The lowest BCUT2D eigenvalue weighted by Crippen LogP contribution is -2.56. The molecule has 0 aromatic rings. The van der Waals surface area contributed by atoms with Crippen molar-refractivity contribution in [1.29, 1.82) is 5.26 Å². The van der Waals surface area contributed by atoms with Crippen molar-refractivity contribution in [1.82, 2.24) is 10.2 Å². The standard InChI is InChI=1S/C9H17N3/c1-8-6-11-5-4-9(8,7-10)12(2)3/h8,11H,4-6H2,1-3H3. The average molecular weight is 167 g/mol. The molecule has 1 saturated heterocycles. The molecule has 1 rings (SSSR count). The molecule has 3 heteroatoms. The van der Waals surface area contributed by atoms with Crippen molar-refractivity contribution < 1.29 is 0 Å². The molecule has 68 valence electrons. The highest BCUT2D eigenvalue weighted by atomic mass is 15.2. The van der Waals surface area contributed by atoms with Crippen molar-refractivity contribution >= 4 is 0 Å². The van der Waals surface area contributed by atoms with Crippen LogP contribution in [-0.2, 0) is 0 Å². The summed E-state index contributed by atoms with van der Waals surface area (Å²) in [7, 11) is 3.98. The van der Waals surface area contributed by atoms with Gasteiger partial charge in [-0.25, -0.2) is 0 Å². The summed E-state index contributed by atoms with van der Waals surface area (Å²) in [6, 6.07) is 2.45. The Morgan fingerprint density at radius 3 is 2.58 bits per heavy atom. The van der Waals surface area contributed by atoms with Gasteiger partial charge in [-0.15, -0.1) is 0 Å². The fourth-order valence-corrected chi connectivity index (χ4v) is 1.94. The van der Waals surface area contributed by atoms with E-state index in [-0.39, 0.29) is 5.54 Å². The zero-order valence-electron chi connectivity index (χ0n) is 8.09. The molecule has 1 aliphatic rings. The second-order valence-electron chi connectivity index (χ2n) is 3.79. The first-order valence-electron chi connectivity index (χ1n) is 4.43. The van der Waals surface area contributed by atoms with Crippen LogP contribution in [0.3, 0.4) is 0 Å².